The molecule has 2 amide bonds. The Labute approximate surface area is 174 Å². The molecule has 30 heavy (non-hydrogen) atoms. The number of hydrogen-bond acceptors (Lipinski definition) is 5. The maximum atomic E-state index is 12.7. The van der Waals surface area contributed by atoms with Gasteiger partial charge in [0.25, 0.3) is 5.91 Å². The third-order valence-corrected chi connectivity index (χ3v) is 5.24. The Balaban J connectivity index is 1.36. The van der Waals surface area contributed by atoms with Crippen molar-refractivity contribution in [1.82, 2.24) is 19.8 Å². The Morgan fingerprint density at radius 3 is 2.67 bits per heavy atom. The van der Waals surface area contributed by atoms with Crippen molar-refractivity contribution in [2.75, 3.05) is 6.54 Å². The van der Waals surface area contributed by atoms with Gasteiger partial charge in [-0.3, -0.25) is 14.5 Å². The minimum Gasteiger partial charge on any atom is -0.329 e. The van der Waals surface area contributed by atoms with Crippen LogP contribution >= 0.6 is 0 Å². The van der Waals surface area contributed by atoms with Gasteiger partial charge >= 0.3 is 0 Å². The van der Waals surface area contributed by atoms with Crippen LogP contribution in [0, 0.1) is 11.3 Å². The molecule has 1 aliphatic rings. The van der Waals surface area contributed by atoms with Gasteiger partial charge < -0.3 is 9.88 Å². The van der Waals surface area contributed by atoms with Crippen LogP contribution in [0.4, 0.5) is 0 Å². The van der Waals surface area contributed by atoms with Crippen molar-refractivity contribution in [2.45, 2.75) is 25.6 Å². The van der Waals surface area contributed by atoms with Gasteiger partial charge in [0, 0.05) is 31.4 Å². The van der Waals surface area contributed by atoms with Crippen LogP contribution in [0.15, 0.2) is 67.1 Å². The van der Waals surface area contributed by atoms with Crippen molar-refractivity contribution in [3.05, 3.63) is 89.5 Å². The van der Waals surface area contributed by atoms with Crippen LogP contribution in [0.25, 0.3) is 0 Å². The molecule has 0 aliphatic carbocycles. The zero-order valence-corrected chi connectivity index (χ0v) is 16.4. The van der Waals surface area contributed by atoms with Crippen LogP contribution in [0.2, 0.25) is 0 Å². The minimum atomic E-state index is -0.393. The van der Waals surface area contributed by atoms with Gasteiger partial charge in [0.05, 0.1) is 29.7 Å². The number of benzene rings is 2. The third kappa shape index (κ3) is 4.14. The summed E-state index contributed by atoms with van der Waals surface area (Å²) >= 11 is 0. The van der Waals surface area contributed by atoms with E-state index in [2.05, 4.69) is 16.4 Å². The molecule has 4 rings (SSSR count). The lowest BCUT2D eigenvalue weighted by Gasteiger charge is -2.16. The van der Waals surface area contributed by atoms with Crippen LogP contribution in [0.3, 0.4) is 0 Å². The van der Waals surface area contributed by atoms with Gasteiger partial charge in [0.15, 0.2) is 0 Å². The first-order chi connectivity index (χ1) is 14.7. The van der Waals surface area contributed by atoms with Crippen LogP contribution in [0.5, 0.6) is 0 Å². The Morgan fingerprint density at radius 2 is 1.93 bits per heavy atom. The lowest BCUT2D eigenvalue weighted by atomic mass is 10.1. The summed E-state index contributed by atoms with van der Waals surface area (Å²) in [6.07, 6.45) is 4.10. The van der Waals surface area contributed by atoms with Crippen molar-refractivity contribution >= 4 is 11.8 Å². The molecule has 0 unspecified atom stereocenters. The summed E-state index contributed by atoms with van der Waals surface area (Å²) in [5, 5.41) is 12.2. The molecule has 1 atom stereocenters. The highest BCUT2D eigenvalue weighted by molar-refractivity contribution is 6.07. The van der Waals surface area contributed by atoms with Gasteiger partial charge in [-0.25, -0.2) is 4.98 Å². The number of amides is 2. The molecule has 7 nitrogen and oxygen atoms in total. The molecule has 2 heterocycles. The first-order valence-electron chi connectivity index (χ1n) is 9.78. The van der Waals surface area contributed by atoms with Gasteiger partial charge in [-0.15, -0.1) is 0 Å². The van der Waals surface area contributed by atoms with E-state index in [9.17, 15) is 9.59 Å². The van der Waals surface area contributed by atoms with Crippen molar-refractivity contribution in [2.24, 2.45) is 0 Å². The number of likely N-dealkylation sites (tertiary alicyclic amines) is 1. The molecule has 0 bridgehead atoms. The molecule has 1 aromatic heterocycles. The normalized spacial score (nSPS) is 15.9. The van der Waals surface area contributed by atoms with E-state index in [1.165, 1.54) is 4.90 Å². The maximum Gasteiger partial charge on any atom is 0.260 e. The van der Waals surface area contributed by atoms with Gasteiger partial charge in [-0.05, 0) is 36.2 Å². The second-order valence-electron chi connectivity index (χ2n) is 7.20. The predicted molar refractivity (Wildman–Crippen MR) is 110 cm³/mol. The van der Waals surface area contributed by atoms with Crippen LogP contribution in [-0.2, 0) is 17.9 Å². The molecule has 0 spiro atoms. The number of aromatic nitrogens is 2. The number of carbonyl (C=O) groups excluding carboxylic acids is 2. The minimum absolute atomic E-state index is 0.193. The highest BCUT2D eigenvalue weighted by atomic mass is 16.2. The highest BCUT2D eigenvalue weighted by Gasteiger charge is 2.35. The van der Waals surface area contributed by atoms with E-state index >= 15 is 0 Å². The lowest BCUT2D eigenvalue weighted by Crippen LogP contribution is -2.40. The maximum absolute atomic E-state index is 12.7. The zero-order valence-electron chi connectivity index (χ0n) is 16.4. The Kier molecular flexibility index (Phi) is 5.68. The number of nitrogens with zero attached hydrogens (tertiary/aromatic N) is 4. The fraction of sp³-hybridized carbons (Fsp3) is 0.217. The molecule has 1 aliphatic heterocycles. The molecule has 0 radical (unpaired) electrons. The predicted octanol–water partition coefficient (Wildman–Crippen LogP) is 2.33. The molecule has 1 N–H and O–H groups in total. The summed E-state index contributed by atoms with van der Waals surface area (Å²) in [6, 6.07) is 18.0. The van der Waals surface area contributed by atoms with E-state index in [4.69, 9.17) is 5.26 Å². The first-order valence-corrected chi connectivity index (χ1v) is 9.78. The molecule has 1 fully saturated rings. The topological polar surface area (TPSA) is 91.0 Å². The van der Waals surface area contributed by atoms with Crippen LogP contribution in [0.1, 0.15) is 33.6 Å². The fourth-order valence-electron chi connectivity index (χ4n) is 3.55. The molecule has 0 saturated carbocycles. The number of hydrogen-bond donors (Lipinski definition) is 1. The average molecular weight is 399 g/mol. The number of imide groups is 1. The molecule has 2 aromatic carbocycles. The van der Waals surface area contributed by atoms with Crippen LogP contribution < -0.4 is 5.32 Å². The summed E-state index contributed by atoms with van der Waals surface area (Å²) in [5.74, 6) is -0.447. The van der Waals surface area contributed by atoms with E-state index in [1.54, 1.807) is 48.9 Å². The van der Waals surface area contributed by atoms with Crippen molar-refractivity contribution in [3.8, 4) is 6.07 Å². The zero-order chi connectivity index (χ0) is 20.9. The Bertz CT molecular complexity index is 1080. The molecular formula is C23H21N5O2. The van der Waals surface area contributed by atoms with Gasteiger partial charge in [0.2, 0.25) is 5.91 Å². The lowest BCUT2D eigenvalue weighted by molar-refractivity contribution is -0.127. The molecule has 7 heteroatoms. The SMILES string of the molecule is N#Cc1ccc(Cn2cncc2CN[C@H]2CCN(C(=O)c3ccccc3)C2=O)cc1. The number of rotatable bonds is 6. The second kappa shape index (κ2) is 8.72. The summed E-state index contributed by atoms with van der Waals surface area (Å²) < 4.78 is 2.00. The third-order valence-electron chi connectivity index (χ3n) is 5.24. The van der Waals surface area contributed by atoms with Gasteiger partial charge in [0.1, 0.15) is 0 Å². The largest absolute Gasteiger partial charge is 0.329 e. The summed E-state index contributed by atoms with van der Waals surface area (Å²) in [5.41, 5.74) is 3.15. The second-order valence-corrected chi connectivity index (χ2v) is 7.20. The first kappa shape index (κ1) is 19.6. The molecule has 3 aromatic rings. The van der Waals surface area contributed by atoms with E-state index in [0.29, 0.717) is 37.2 Å². The standard InChI is InChI=1S/C23H21N5O2/c24-12-17-6-8-18(9-7-17)15-27-16-25-13-20(27)14-26-21-10-11-28(23(21)30)22(29)19-4-2-1-3-5-19/h1-9,13,16,21,26H,10-11,14-15H2/t21-/m0/s1. The van der Waals surface area contributed by atoms with E-state index < -0.39 is 6.04 Å². The molecular weight excluding hydrogens is 378 g/mol. The highest BCUT2D eigenvalue weighted by Crippen LogP contribution is 2.16. The number of carbonyl (C=O) groups is 2. The monoisotopic (exact) mass is 399 g/mol. The van der Waals surface area contributed by atoms with E-state index in [-0.39, 0.29) is 11.8 Å². The summed E-state index contributed by atoms with van der Waals surface area (Å²) in [6.45, 7) is 1.51. The number of nitriles is 1. The summed E-state index contributed by atoms with van der Waals surface area (Å²) in [4.78, 5) is 30.8. The van der Waals surface area contributed by atoms with E-state index in [1.807, 2.05) is 22.8 Å². The van der Waals surface area contributed by atoms with Crippen molar-refractivity contribution in [3.63, 3.8) is 0 Å². The molecule has 150 valence electrons. The van der Waals surface area contributed by atoms with Crippen molar-refractivity contribution < 1.29 is 9.59 Å². The Morgan fingerprint density at radius 1 is 1.17 bits per heavy atom. The van der Waals surface area contributed by atoms with Crippen molar-refractivity contribution in [1.29, 1.82) is 5.26 Å². The summed E-state index contributed by atoms with van der Waals surface area (Å²) in [7, 11) is 0. The molecule has 1 saturated heterocycles. The average Bonchev–Trinajstić information content (AvgIpc) is 3.39. The quantitative estimate of drug-likeness (QED) is 0.643. The smallest absolute Gasteiger partial charge is 0.260 e. The van der Waals surface area contributed by atoms with Gasteiger partial charge in [-0.2, -0.15) is 5.26 Å². The number of nitrogens with one attached hydrogen (secondary N) is 1. The Hall–Kier alpha value is -3.76. The van der Waals surface area contributed by atoms with Gasteiger partial charge in [-0.1, -0.05) is 30.3 Å². The fourth-order valence-corrected chi connectivity index (χ4v) is 3.55. The van der Waals surface area contributed by atoms with E-state index in [0.717, 1.165) is 11.3 Å². The van der Waals surface area contributed by atoms with Crippen LogP contribution in [-0.4, -0.2) is 38.9 Å². The number of imidazole rings is 1.